The minimum Gasteiger partial charge on any atom is -0.352 e. The van der Waals surface area contributed by atoms with E-state index >= 15 is 0 Å². The first kappa shape index (κ1) is 19.4. The Bertz CT molecular complexity index is 1030. The molecule has 29 heavy (non-hydrogen) atoms. The molecule has 1 N–H and O–H groups in total. The molecule has 4 rings (SSSR count). The monoisotopic (exact) mass is 460 g/mol. The van der Waals surface area contributed by atoms with Crippen molar-refractivity contribution in [3.63, 3.8) is 0 Å². The van der Waals surface area contributed by atoms with Crippen molar-refractivity contribution in [2.45, 2.75) is 25.8 Å². The number of benzene rings is 1. The van der Waals surface area contributed by atoms with Crippen LogP contribution in [-0.4, -0.2) is 50.0 Å². The number of aromatic nitrogens is 4. The van der Waals surface area contributed by atoms with E-state index in [-0.39, 0.29) is 17.8 Å². The van der Waals surface area contributed by atoms with Crippen molar-refractivity contribution in [1.82, 2.24) is 25.0 Å². The van der Waals surface area contributed by atoms with Crippen LogP contribution in [0.2, 0.25) is 0 Å². The quantitative estimate of drug-likeness (QED) is 0.622. The third kappa shape index (κ3) is 4.26. The van der Waals surface area contributed by atoms with Crippen LogP contribution in [0.15, 0.2) is 39.6 Å². The Morgan fingerprint density at radius 2 is 2.17 bits per heavy atom. The average molecular weight is 461 g/mol. The molecule has 0 saturated carbocycles. The van der Waals surface area contributed by atoms with E-state index in [0.29, 0.717) is 36.0 Å². The van der Waals surface area contributed by atoms with Gasteiger partial charge >= 0.3 is 0 Å². The van der Waals surface area contributed by atoms with Crippen molar-refractivity contribution in [1.29, 1.82) is 0 Å². The Morgan fingerprint density at radius 1 is 1.38 bits per heavy atom. The summed E-state index contributed by atoms with van der Waals surface area (Å²) in [5, 5.41) is 6.92. The Labute approximate surface area is 174 Å². The zero-order valence-corrected chi connectivity index (χ0v) is 17.2. The van der Waals surface area contributed by atoms with Gasteiger partial charge < -0.3 is 14.7 Å². The third-order valence-corrected chi connectivity index (χ3v) is 5.13. The fraction of sp³-hybridized carbons (Fsp3) is 0.316. The number of halogens is 2. The lowest BCUT2D eigenvalue weighted by molar-refractivity contribution is 0.0744. The van der Waals surface area contributed by atoms with Gasteiger partial charge in [-0.3, -0.25) is 4.79 Å². The number of likely N-dealkylation sites (tertiary alicyclic amines) is 1. The van der Waals surface area contributed by atoms with Gasteiger partial charge in [-0.05, 0) is 53.9 Å². The molecule has 0 radical (unpaired) electrons. The lowest BCUT2D eigenvalue weighted by atomic mass is 10.1. The molecule has 0 bridgehead atoms. The summed E-state index contributed by atoms with van der Waals surface area (Å²) < 4.78 is 19.8. The second-order valence-corrected chi connectivity index (χ2v) is 7.65. The highest BCUT2D eigenvalue weighted by Gasteiger charge is 2.31. The van der Waals surface area contributed by atoms with Crippen LogP contribution >= 0.6 is 15.9 Å². The molecule has 1 atom stereocenters. The highest BCUT2D eigenvalue weighted by Crippen LogP contribution is 2.28. The smallest absolute Gasteiger partial charge is 0.258 e. The zero-order chi connectivity index (χ0) is 20.4. The molecule has 2 aromatic heterocycles. The number of nitrogens with zero attached hydrogens (tertiary/aromatic N) is 5. The van der Waals surface area contributed by atoms with Gasteiger partial charge in [0, 0.05) is 31.5 Å². The van der Waals surface area contributed by atoms with E-state index in [2.05, 4.69) is 41.4 Å². The first-order valence-corrected chi connectivity index (χ1v) is 9.93. The molecule has 0 aliphatic carbocycles. The highest BCUT2D eigenvalue weighted by atomic mass is 79.9. The molecule has 3 aromatic rings. The maximum atomic E-state index is 13.9. The summed E-state index contributed by atoms with van der Waals surface area (Å²) in [4.78, 5) is 27.6. The Kier molecular flexibility index (Phi) is 5.52. The van der Waals surface area contributed by atoms with Crippen molar-refractivity contribution in [2.24, 2.45) is 0 Å². The Balaban J connectivity index is 1.54. The largest absolute Gasteiger partial charge is 0.352 e. The van der Waals surface area contributed by atoms with E-state index in [0.717, 1.165) is 17.3 Å². The van der Waals surface area contributed by atoms with Gasteiger partial charge in [0.05, 0.1) is 15.6 Å². The SMILES string of the molecule is Cc1noc(-c2cc(F)ccc2C(=O)N2CCC[C@H]2CNc2ncc(Br)cn2)n1. The first-order chi connectivity index (χ1) is 14.0. The van der Waals surface area contributed by atoms with Gasteiger partial charge in [-0.2, -0.15) is 4.98 Å². The minimum atomic E-state index is -0.473. The maximum absolute atomic E-state index is 13.9. The molecule has 1 aliphatic heterocycles. The van der Waals surface area contributed by atoms with Crippen molar-refractivity contribution in [3.8, 4) is 11.5 Å². The van der Waals surface area contributed by atoms with E-state index < -0.39 is 5.82 Å². The number of aryl methyl sites for hydroxylation is 1. The molecule has 0 unspecified atom stereocenters. The second kappa shape index (κ2) is 8.24. The average Bonchev–Trinajstić information content (AvgIpc) is 3.36. The van der Waals surface area contributed by atoms with Crippen molar-refractivity contribution in [2.75, 3.05) is 18.4 Å². The van der Waals surface area contributed by atoms with Gasteiger partial charge in [0.1, 0.15) is 5.82 Å². The molecule has 1 aromatic carbocycles. The summed E-state index contributed by atoms with van der Waals surface area (Å²) in [6.07, 6.45) is 5.05. The van der Waals surface area contributed by atoms with Gasteiger partial charge in [0.25, 0.3) is 11.8 Å². The standard InChI is InChI=1S/C19H18BrFN6O2/c1-11-25-17(29-26-11)16-7-13(21)4-5-15(16)18(28)27-6-2-3-14(27)10-24-19-22-8-12(20)9-23-19/h4-5,7-9,14H,2-3,6,10H2,1H3,(H,22,23,24)/t14-/m0/s1. The molecule has 10 heteroatoms. The summed E-state index contributed by atoms with van der Waals surface area (Å²) in [7, 11) is 0. The van der Waals surface area contributed by atoms with E-state index in [4.69, 9.17) is 4.52 Å². The van der Waals surface area contributed by atoms with Crippen LogP contribution in [0.5, 0.6) is 0 Å². The van der Waals surface area contributed by atoms with Crippen LogP contribution in [0.1, 0.15) is 29.0 Å². The molecular formula is C19H18BrFN6O2. The van der Waals surface area contributed by atoms with Crippen LogP contribution in [-0.2, 0) is 0 Å². The first-order valence-electron chi connectivity index (χ1n) is 9.14. The summed E-state index contributed by atoms with van der Waals surface area (Å²) in [6, 6.07) is 3.95. The number of anilines is 1. The second-order valence-electron chi connectivity index (χ2n) is 6.74. The van der Waals surface area contributed by atoms with Gasteiger partial charge in [-0.15, -0.1) is 0 Å². The molecule has 1 saturated heterocycles. The minimum absolute atomic E-state index is 0.0305. The predicted molar refractivity (Wildman–Crippen MR) is 107 cm³/mol. The van der Waals surface area contributed by atoms with Crippen LogP contribution in [0.25, 0.3) is 11.5 Å². The molecule has 3 heterocycles. The van der Waals surface area contributed by atoms with Crippen LogP contribution in [0, 0.1) is 12.7 Å². The highest BCUT2D eigenvalue weighted by molar-refractivity contribution is 9.10. The topological polar surface area (TPSA) is 97.0 Å². The lowest BCUT2D eigenvalue weighted by Crippen LogP contribution is -2.40. The van der Waals surface area contributed by atoms with Gasteiger partial charge in [-0.25, -0.2) is 14.4 Å². The van der Waals surface area contributed by atoms with Crippen LogP contribution in [0.3, 0.4) is 0 Å². The van der Waals surface area contributed by atoms with Crippen LogP contribution in [0.4, 0.5) is 10.3 Å². The summed E-state index contributed by atoms with van der Waals surface area (Å²) in [5.41, 5.74) is 0.632. The predicted octanol–water partition coefficient (Wildman–Crippen LogP) is 3.45. The summed E-state index contributed by atoms with van der Waals surface area (Å²) >= 11 is 3.30. The number of carbonyl (C=O) groups is 1. The van der Waals surface area contributed by atoms with Gasteiger partial charge in [0.15, 0.2) is 5.82 Å². The molecule has 1 aliphatic rings. The van der Waals surface area contributed by atoms with E-state index in [9.17, 15) is 9.18 Å². The van der Waals surface area contributed by atoms with Crippen molar-refractivity contribution < 1.29 is 13.7 Å². The van der Waals surface area contributed by atoms with Gasteiger partial charge in [-0.1, -0.05) is 5.16 Å². The fourth-order valence-corrected chi connectivity index (χ4v) is 3.57. The third-order valence-electron chi connectivity index (χ3n) is 4.72. The fourth-order valence-electron chi connectivity index (χ4n) is 3.37. The van der Waals surface area contributed by atoms with Gasteiger partial charge in [0.2, 0.25) is 5.95 Å². The molecular weight excluding hydrogens is 443 g/mol. The van der Waals surface area contributed by atoms with Crippen molar-refractivity contribution in [3.05, 3.63) is 52.3 Å². The number of rotatable bonds is 5. The van der Waals surface area contributed by atoms with Crippen LogP contribution < -0.4 is 5.32 Å². The van der Waals surface area contributed by atoms with E-state index in [1.807, 2.05) is 0 Å². The number of hydrogen-bond acceptors (Lipinski definition) is 7. The number of amides is 1. The molecule has 1 fully saturated rings. The molecule has 1 amide bonds. The molecule has 0 spiro atoms. The van der Waals surface area contributed by atoms with E-state index in [1.165, 1.54) is 18.2 Å². The summed E-state index contributed by atoms with van der Waals surface area (Å²) in [6.45, 7) is 2.80. The Hall–Kier alpha value is -2.88. The Morgan fingerprint density at radius 3 is 2.90 bits per heavy atom. The maximum Gasteiger partial charge on any atom is 0.258 e. The van der Waals surface area contributed by atoms with E-state index in [1.54, 1.807) is 24.2 Å². The molecule has 150 valence electrons. The normalized spacial score (nSPS) is 16.2. The van der Waals surface area contributed by atoms with Crippen molar-refractivity contribution >= 4 is 27.8 Å². The lowest BCUT2D eigenvalue weighted by Gasteiger charge is -2.25. The number of hydrogen-bond donors (Lipinski definition) is 1. The zero-order valence-electron chi connectivity index (χ0n) is 15.6. The summed E-state index contributed by atoms with van der Waals surface area (Å²) in [5.74, 6) is 0.371. The number of nitrogens with one attached hydrogen (secondary N) is 1. The number of carbonyl (C=O) groups excluding carboxylic acids is 1. The molecule has 8 nitrogen and oxygen atoms in total.